The first-order valence-electron chi connectivity index (χ1n) is 8.54. The van der Waals surface area contributed by atoms with Crippen LogP contribution in [0.4, 0.5) is 5.69 Å². The second-order valence-electron chi connectivity index (χ2n) is 5.79. The van der Waals surface area contributed by atoms with Crippen LogP contribution in [0.5, 0.6) is 0 Å². The molecule has 126 valence electrons. The van der Waals surface area contributed by atoms with Gasteiger partial charge in [0, 0.05) is 23.1 Å². The van der Waals surface area contributed by atoms with Crippen molar-refractivity contribution in [3.8, 4) is 0 Å². The minimum atomic E-state index is 0.101. The number of allylic oxidation sites excluding steroid dienone is 1. The molecule has 0 saturated heterocycles. The maximum atomic E-state index is 5.53. The van der Waals surface area contributed by atoms with Crippen LogP contribution in [0.15, 0.2) is 43.1 Å². The van der Waals surface area contributed by atoms with Gasteiger partial charge in [-0.1, -0.05) is 75.8 Å². The molecule has 3 rings (SSSR count). The number of nitrogens with one attached hydrogen (secondary N) is 2. The highest BCUT2D eigenvalue weighted by molar-refractivity contribution is 7.80. The molecule has 3 heteroatoms. The van der Waals surface area contributed by atoms with Gasteiger partial charge in [0.15, 0.2) is 0 Å². The Morgan fingerprint density at radius 1 is 1.17 bits per heavy atom. The molecule has 1 aliphatic heterocycles. The Bertz CT molecular complexity index is 738. The van der Waals surface area contributed by atoms with E-state index in [-0.39, 0.29) is 5.92 Å². The average Bonchev–Trinajstić information content (AvgIpc) is 3.14. The zero-order chi connectivity index (χ0) is 17.5. The van der Waals surface area contributed by atoms with Crippen LogP contribution < -0.4 is 5.32 Å². The summed E-state index contributed by atoms with van der Waals surface area (Å²) in [7, 11) is 0. The number of anilines is 1. The summed E-state index contributed by atoms with van der Waals surface area (Å²) in [5, 5.41) is 3.30. The largest absolute Gasteiger partial charge is 0.361 e. The summed E-state index contributed by atoms with van der Waals surface area (Å²) < 4.78 is 0. The molecule has 0 bridgehead atoms. The van der Waals surface area contributed by atoms with Crippen LogP contribution in [0, 0.1) is 0 Å². The number of hydrogen-bond acceptors (Lipinski definition) is 1. The third-order valence-corrected chi connectivity index (χ3v) is 4.46. The van der Waals surface area contributed by atoms with Gasteiger partial charge < -0.3 is 10.3 Å². The third-order valence-electron chi connectivity index (χ3n) is 4.12. The fraction of sp³-hybridized carbons (Fsp3) is 0.286. The highest BCUT2D eigenvalue weighted by Crippen LogP contribution is 2.40. The topological polar surface area (TPSA) is 27.8 Å². The molecule has 0 fully saturated rings. The smallest absolute Gasteiger partial charge is 0.0919 e. The lowest BCUT2D eigenvalue weighted by Gasteiger charge is -2.10. The fourth-order valence-corrected chi connectivity index (χ4v) is 3.12. The molecule has 1 unspecified atom stereocenters. The van der Waals surface area contributed by atoms with E-state index in [1.807, 2.05) is 31.3 Å². The SMILES string of the molecule is C=Cc1c(C2C(=S)Nc3ccccc32)c[nH]c1/C=C\C.CCCC. The number of fused-ring (bicyclic) bond motifs is 1. The Morgan fingerprint density at radius 2 is 1.88 bits per heavy atom. The van der Waals surface area contributed by atoms with E-state index in [4.69, 9.17) is 12.2 Å². The van der Waals surface area contributed by atoms with Gasteiger partial charge in [-0.2, -0.15) is 0 Å². The van der Waals surface area contributed by atoms with Gasteiger partial charge in [-0.15, -0.1) is 0 Å². The van der Waals surface area contributed by atoms with Crippen LogP contribution in [-0.2, 0) is 0 Å². The molecule has 1 aliphatic rings. The monoisotopic (exact) mass is 338 g/mol. The van der Waals surface area contributed by atoms with E-state index < -0.39 is 0 Å². The molecule has 2 nitrogen and oxygen atoms in total. The number of thiocarbonyl (C=S) groups is 1. The maximum Gasteiger partial charge on any atom is 0.0919 e. The maximum absolute atomic E-state index is 5.53. The van der Waals surface area contributed by atoms with Gasteiger partial charge in [0.05, 0.1) is 10.9 Å². The number of benzene rings is 1. The summed E-state index contributed by atoms with van der Waals surface area (Å²) in [5.41, 5.74) is 5.70. The van der Waals surface area contributed by atoms with Crippen LogP contribution in [0.1, 0.15) is 61.9 Å². The average molecular weight is 339 g/mol. The Kier molecular flexibility index (Phi) is 6.56. The highest BCUT2D eigenvalue weighted by atomic mass is 32.1. The van der Waals surface area contributed by atoms with Gasteiger partial charge in [-0.3, -0.25) is 0 Å². The number of rotatable bonds is 4. The minimum Gasteiger partial charge on any atom is -0.361 e. The minimum absolute atomic E-state index is 0.101. The Morgan fingerprint density at radius 3 is 2.50 bits per heavy atom. The summed E-state index contributed by atoms with van der Waals surface area (Å²) in [6.07, 6.45) is 10.6. The fourth-order valence-electron chi connectivity index (χ4n) is 2.76. The van der Waals surface area contributed by atoms with Gasteiger partial charge in [0.25, 0.3) is 0 Å². The van der Waals surface area contributed by atoms with Crippen LogP contribution >= 0.6 is 12.2 Å². The lowest BCUT2D eigenvalue weighted by molar-refractivity contribution is 0.886. The summed E-state index contributed by atoms with van der Waals surface area (Å²) in [6.45, 7) is 10.3. The van der Waals surface area contributed by atoms with Crippen LogP contribution in [0.3, 0.4) is 0 Å². The molecule has 0 saturated carbocycles. The van der Waals surface area contributed by atoms with E-state index in [9.17, 15) is 0 Å². The number of aromatic amines is 1. The first-order chi connectivity index (χ1) is 11.7. The van der Waals surface area contributed by atoms with Crippen LogP contribution in [0.25, 0.3) is 12.2 Å². The first kappa shape index (κ1) is 18.2. The van der Waals surface area contributed by atoms with E-state index >= 15 is 0 Å². The second-order valence-corrected chi connectivity index (χ2v) is 6.22. The predicted molar refractivity (Wildman–Crippen MR) is 111 cm³/mol. The van der Waals surface area contributed by atoms with Crippen molar-refractivity contribution in [3.63, 3.8) is 0 Å². The number of aromatic nitrogens is 1. The quantitative estimate of drug-likeness (QED) is 0.633. The zero-order valence-corrected chi connectivity index (χ0v) is 15.5. The van der Waals surface area contributed by atoms with Gasteiger partial charge in [-0.05, 0) is 30.2 Å². The second kappa shape index (κ2) is 8.65. The molecule has 24 heavy (non-hydrogen) atoms. The lowest BCUT2D eigenvalue weighted by Crippen LogP contribution is -2.11. The number of H-pyrrole nitrogens is 1. The molecule has 0 spiro atoms. The molecule has 2 heterocycles. The molecule has 1 aromatic heterocycles. The number of unbranched alkanes of at least 4 members (excludes halogenated alkanes) is 1. The van der Waals surface area contributed by atoms with Gasteiger partial charge in [0.2, 0.25) is 0 Å². The van der Waals surface area contributed by atoms with E-state index in [0.717, 1.165) is 21.9 Å². The summed E-state index contributed by atoms with van der Waals surface area (Å²) >= 11 is 5.53. The normalized spacial score (nSPS) is 15.6. The third kappa shape index (κ3) is 3.68. The first-order valence-corrected chi connectivity index (χ1v) is 8.94. The molecule has 1 aromatic carbocycles. The van der Waals surface area contributed by atoms with Crippen molar-refractivity contribution in [2.24, 2.45) is 0 Å². The molecule has 2 N–H and O–H groups in total. The highest BCUT2D eigenvalue weighted by Gasteiger charge is 2.30. The van der Waals surface area contributed by atoms with Crippen molar-refractivity contribution in [2.45, 2.75) is 39.5 Å². The molecule has 1 atom stereocenters. The van der Waals surface area contributed by atoms with E-state index in [1.54, 1.807) is 0 Å². The van der Waals surface area contributed by atoms with Crippen LogP contribution in [0.2, 0.25) is 0 Å². The van der Waals surface area contributed by atoms with Crippen LogP contribution in [-0.4, -0.2) is 9.97 Å². The molecule has 0 radical (unpaired) electrons. The van der Waals surface area contributed by atoms with E-state index in [0.29, 0.717) is 0 Å². The summed E-state index contributed by atoms with van der Waals surface area (Å²) in [4.78, 5) is 4.16. The molecule has 2 aromatic rings. The van der Waals surface area contributed by atoms with Crippen molar-refractivity contribution < 1.29 is 0 Å². The summed E-state index contributed by atoms with van der Waals surface area (Å²) in [6, 6.07) is 8.26. The number of para-hydroxylation sites is 1. The predicted octanol–water partition coefficient (Wildman–Crippen LogP) is 6.38. The Balaban J connectivity index is 0.000000471. The van der Waals surface area contributed by atoms with Crippen molar-refractivity contribution in [1.29, 1.82) is 0 Å². The van der Waals surface area contributed by atoms with Gasteiger partial charge in [-0.25, -0.2) is 0 Å². The van der Waals surface area contributed by atoms with E-state index in [1.165, 1.54) is 24.0 Å². The Hall–Kier alpha value is -2.13. The molecule has 0 aliphatic carbocycles. The van der Waals surface area contributed by atoms with Crippen molar-refractivity contribution in [1.82, 2.24) is 4.98 Å². The van der Waals surface area contributed by atoms with Gasteiger partial charge in [0.1, 0.15) is 0 Å². The van der Waals surface area contributed by atoms with Gasteiger partial charge >= 0.3 is 0 Å². The van der Waals surface area contributed by atoms with E-state index in [2.05, 4.69) is 55.0 Å². The summed E-state index contributed by atoms with van der Waals surface area (Å²) in [5.74, 6) is 0.101. The zero-order valence-electron chi connectivity index (χ0n) is 14.7. The molecular weight excluding hydrogens is 312 g/mol. The molecule has 0 amide bonds. The molecular formula is C21H26N2S. The van der Waals surface area contributed by atoms with Crippen molar-refractivity contribution in [3.05, 3.63) is 65.5 Å². The number of hydrogen-bond donors (Lipinski definition) is 2. The van der Waals surface area contributed by atoms with Crippen molar-refractivity contribution >= 4 is 35.0 Å². The lowest BCUT2D eigenvalue weighted by atomic mass is 9.91. The Labute approximate surface area is 150 Å². The van der Waals surface area contributed by atoms with Crippen molar-refractivity contribution in [2.75, 3.05) is 5.32 Å². The standard InChI is InChI=1S/C17H16N2S.C4H10/c1-3-7-14-11(4-2)13(10-18-14)16-12-8-5-6-9-15(12)19-17(16)20;1-3-4-2/h3-10,16,18H,2H2,1H3,(H,19,20);3-4H2,1-2H3/b7-3-;.